The highest BCUT2D eigenvalue weighted by Crippen LogP contribution is 2.35. The molecule has 0 bridgehead atoms. The average Bonchev–Trinajstić information content (AvgIpc) is 2.82. The summed E-state index contributed by atoms with van der Waals surface area (Å²) in [7, 11) is 0. The molecule has 0 spiro atoms. The summed E-state index contributed by atoms with van der Waals surface area (Å²) in [5.74, 6) is 1.48. The standard InChI is InChI=1S/C23H21F3N6O2/c1-3-33-17-11-15(6-7-28-21-20-22(32-13-31-21)29-9-8-27-20)14(2)10-18(17)34-19-5-4-16(12-30-19)23(24,25)26/h4-5,8-13H,3,6-7H2,1-2H3,(H,28,29,31,32). The molecule has 0 saturated carbocycles. The van der Waals surface area contributed by atoms with Crippen LogP contribution < -0.4 is 14.8 Å². The van der Waals surface area contributed by atoms with E-state index in [1.807, 2.05) is 19.9 Å². The monoisotopic (exact) mass is 470 g/mol. The van der Waals surface area contributed by atoms with E-state index in [2.05, 4.69) is 30.2 Å². The molecule has 34 heavy (non-hydrogen) atoms. The van der Waals surface area contributed by atoms with Gasteiger partial charge in [-0.05, 0) is 49.6 Å². The van der Waals surface area contributed by atoms with Gasteiger partial charge in [0.05, 0.1) is 12.2 Å². The number of alkyl halides is 3. The molecular formula is C23H21F3N6O2. The molecule has 0 aliphatic carbocycles. The molecule has 1 aromatic carbocycles. The predicted molar refractivity (Wildman–Crippen MR) is 119 cm³/mol. The summed E-state index contributed by atoms with van der Waals surface area (Å²) in [4.78, 5) is 20.6. The Hall–Kier alpha value is -4.02. The number of nitrogens with one attached hydrogen (secondary N) is 1. The maximum absolute atomic E-state index is 12.8. The Morgan fingerprint density at radius 1 is 0.971 bits per heavy atom. The number of nitrogens with zero attached hydrogens (tertiary/aromatic N) is 5. The summed E-state index contributed by atoms with van der Waals surface area (Å²) in [6.07, 6.45) is 1.51. The minimum absolute atomic E-state index is 0.0412. The Morgan fingerprint density at radius 2 is 1.79 bits per heavy atom. The van der Waals surface area contributed by atoms with Gasteiger partial charge in [0.15, 0.2) is 23.0 Å². The first-order valence-corrected chi connectivity index (χ1v) is 10.5. The number of rotatable bonds is 8. The molecule has 0 saturated heterocycles. The molecule has 8 nitrogen and oxygen atoms in total. The lowest BCUT2D eigenvalue weighted by Gasteiger charge is -2.16. The van der Waals surface area contributed by atoms with Crippen LogP contribution in [0.5, 0.6) is 17.4 Å². The van der Waals surface area contributed by atoms with Crippen LogP contribution in [0.1, 0.15) is 23.6 Å². The van der Waals surface area contributed by atoms with Crippen molar-refractivity contribution >= 4 is 17.0 Å². The Morgan fingerprint density at radius 3 is 2.53 bits per heavy atom. The van der Waals surface area contributed by atoms with E-state index in [0.29, 0.717) is 48.1 Å². The first kappa shape index (κ1) is 23.1. The van der Waals surface area contributed by atoms with E-state index in [1.54, 1.807) is 18.5 Å². The molecule has 0 unspecified atom stereocenters. The van der Waals surface area contributed by atoms with Crippen molar-refractivity contribution < 1.29 is 22.6 Å². The fourth-order valence-electron chi connectivity index (χ4n) is 3.28. The fourth-order valence-corrected chi connectivity index (χ4v) is 3.28. The van der Waals surface area contributed by atoms with E-state index in [-0.39, 0.29) is 5.88 Å². The van der Waals surface area contributed by atoms with Crippen LogP contribution in [0.4, 0.5) is 19.0 Å². The molecule has 0 fully saturated rings. The van der Waals surface area contributed by atoms with Crippen LogP contribution in [0.25, 0.3) is 11.2 Å². The molecule has 0 atom stereocenters. The Balaban J connectivity index is 1.49. The molecule has 176 valence electrons. The molecule has 0 aliphatic rings. The summed E-state index contributed by atoms with van der Waals surface area (Å²) in [5, 5.41) is 3.26. The van der Waals surface area contributed by atoms with Crippen molar-refractivity contribution in [3.8, 4) is 17.4 Å². The maximum Gasteiger partial charge on any atom is 0.417 e. The zero-order valence-corrected chi connectivity index (χ0v) is 18.4. The largest absolute Gasteiger partial charge is 0.490 e. The third-order valence-electron chi connectivity index (χ3n) is 4.94. The quantitative estimate of drug-likeness (QED) is 0.385. The van der Waals surface area contributed by atoms with Crippen LogP contribution in [0, 0.1) is 6.92 Å². The Kier molecular flexibility index (Phi) is 6.71. The minimum Gasteiger partial charge on any atom is -0.490 e. The second-order valence-corrected chi connectivity index (χ2v) is 7.27. The van der Waals surface area contributed by atoms with E-state index in [4.69, 9.17) is 9.47 Å². The number of pyridine rings is 1. The average molecular weight is 470 g/mol. The molecule has 4 aromatic rings. The van der Waals surface area contributed by atoms with Gasteiger partial charge in [-0.2, -0.15) is 13.2 Å². The van der Waals surface area contributed by atoms with Crippen LogP contribution in [0.15, 0.2) is 49.2 Å². The molecular weight excluding hydrogens is 449 g/mol. The van der Waals surface area contributed by atoms with Crippen molar-refractivity contribution in [2.24, 2.45) is 0 Å². The van der Waals surface area contributed by atoms with E-state index in [1.165, 1.54) is 12.4 Å². The first-order chi connectivity index (χ1) is 16.3. The topological polar surface area (TPSA) is 94.9 Å². The van der Waals surface area contributed by atoms with E-state index in [0.717, 1.165) is 23.4 Å². The summed E-state index contributed by atoms with van der Waals surface area (Å²) >= 11 is 0. The van der Waals surface area contributed by atoms with Gasteiger partial charge in [-0.3, -0.25) is 0 Å². The normalized spacial score (nSPS) is 11.4. The van der Waals surface area contributed by atoms with Gasteiger partial charge < -0.3 is 14.8 Å². The lowest BCUT2D eigenvalue weighted by molar-refractivity contribution is -0.137. The van der Waals surface area contributed by atoms with Crippen LogP contribution in [-0.2, 0) is 12.6 Å². The van der Waals surface area contributed by atoms with Crippen molar-refractivity contribution in [3.63, 3.8) is 0 Å². The summed E-state index contributed by atoms with van der Waals surface area (Å²) < 4.78 is 49.8. The van der Waals surface area contributed by atoms with Crippen LogP contribution in [-0.4, -0.2) is 38.1 Å². The molecule has 4 rings (SSSR count). The lowest BCUT2D eigenvalue weighted by Crippen LogP contribution is -2.09. The number of hydrogen-bond donors (Lipinski definition) is 1. The Labute approximate surface area is 193 Å². The molecule has 1 N–H and O–H groups in total. The highest BCUT2D eigenvalue weighted by Gasteiger charge is 2.30. The lowest BCUT2D eigenvalue weighted by atomic mass is 10.0. The smallest absolute Gasteiger partial charge is 0.417 e. The van der Waals surface area contributed by atoms with Crippen molar-refractivity contribution in [1.29, 1.82) is 0 Å². The van der Waals surface area contributed by atoms with Gasteiger partial charge >= 0.3 is 6.18 Å². The van der Waals surface area contributed by atoms with Crippen molar-refractivity contribution in [3.05, 3.63) is 65.9 Å². The highest BCUT2D eigenvalue weighted by atomic mass is 19.4. The molecule has 0 radical (unpaired) electrons. The molecule has 3 aromatic heterocycles. The number of hydrogen-bond acceptors (Lipinski definition) is 8. The summed E-state index contributed by atoms with van der Waals surface area (Å²) in [6, 6.07) is 5.75. The second kappa shape index (κ2) is 9.86. The predicted octanol–water partition coefficient (Wildman–Crippen LogP) is 4.99. The van der Waals surface area contributed by atoms with Gasteiger partial charge in [0.1, 0.15) is 11.8 Å². The molecule has 3 heterocycles. The van der Waals surface area contributed by atoms with Crippen LogP contribution >= 0.6 is 0 Å². The third-order valence-corrected chi connectivity index (χ3v) is 4.94. The van der Waals surface area contributed by atoms with Gasteiger partial charge in [-0.25, -0.2) is 24.9 Å². The third kappa shape index (κ3) is 5.30. The number of benzene rings is 1. The molecule has 0 aliphatic heterocycles. The van der Waals surface area contributed by atoms with Crippen molar-refractivity contribution in [1.82, 2.24) is 24.9 Å². The van der Waals surface area contributed by atoms with Gasteiger partial charge in [-0.1, -0.05) is 0 Å². The maximum atomic E-state index is 12.8. The van der Waals surface area contributed by atoms with Gasteiger partial charge in [-0.15, -0.1) is 0 Å². The summed E-state index contributed by atoms with van der Waals surface area (Å²) in [5.41, 5.74) is 2.19. The van der Waals surface area contributed by atoms with Gasteiger partial charge in [0, 0.05) is 31.2 Å². The molecule has 0 amide bonds. The van der Waals surface area contributed by atoms with E-state index in [9.17, 15) is 13.2 Å². The summed E-state index contributed by atoms with van der Waals surface area (Å²) in [6.45, 7) is 4.71. The molecule has 11 heteroatoms. The zero-order chi connectivity index (χ0) is 24.1. The number of ether oxygens (including phenoxy) is 2. The second-order valence-electron chi connectivity index (χ2n) is 7.27. The number of anilines is 1. The number of aromatic nitrogens is 5. The van der Waals surface area contributed by atoms with E-state index < -0.39 is 11.7 Å². The van der Waals surface area contributed by atoms with Crippen molar-refractivity contribution in [2.75, 3.05) is 18.5 Å². The first-order valence-electron chi connectivity index (χ1n) is 10.5. The van der Waals surface area contributed by atoms with E-state index >= 15 is 0 Å². The number of aryl methyl sites for hydroxylation is 1. The highest BCUT2D eigenvalue weighted by molar-refractivity contribution is 5.81. The fraction of sp³-hybridized carbons (Fsp3) is 0.261. The number of fused-ring (bicyclic) bond motifs is 1. The van der Waals surface area contributed by atoms with Crippen molar-refractivity contribution in [2.45, 2.75) is 26.4 Å². The van der Waals surface area contributed by atoms with Crippen LogP contribution in [0.2, 0.25) is 0 Å². The van der Waals surface area contributed by atoms with Gasteiger partial charge in [0.25, 0.3) is 0 Å². The van der Waals surface area contributed by atoms with Gasteiger partial charge in [0.2, 0.25) is 5.88 Å². The Bertz CT molecular complexity index is 1280. The minimum atomic E-state index is -4.46. The zero-order valence-electron chi connectivity index (χ0n) is 18.4. The number of halogens is 3. The van der Waals surface area contributed by atoms with Crippen LogP contribution in [0.3, 0.4) is 0 Å². The SMILES string of the molecule is CCOc1cc(CCNc2ncnc3nccnc23)c(C)cc1Oc1ccc(C(F)(F)F)cn1.